The Morgan fingerprint density at radius 1 is 1.13 bits per heavy atom. The summed E-state index contributed by atoms with van der Waals surface area (Å²) in [7, 11) is 5.17. The maximum absolute atomic E-state index is 15.2. The molecular formula is C27H29F2N3O5P2. The second-order valence-electron chi connectivity index (χ2n) is 9.11. The quantitative estimate of drug-likeness (QED) is 0.389. The predicted molar refractivity (Wildman–Crippen MR) is 151 cm³/mol. The van der Waals surface area contributed by atoms with E-state index in [2.05, 4.69) is 5.32 Å². The van der Waals surface area contributed by atoms with Crippen molar-refractivity contribution < 1.29 is 27.8 Å². The number of hydrogen-bond acceptors (Lipinski definition) is 5. The highest BCUT2D eigenvalue weighted by molar-refractivity contribution is 7.38. The molecule has 1 fully saturated rings. The van der Waals surface area contributed by atoms with Gasteiger partial charge in [-0.25, -0.2) is 4.39 Å². The summed E-state index contributed by atoms with van der Waals surface area (Å²) in [5, 5.41) is 0.653. The van der Waals surface area contributed by atoms with Crippen molar-refractivity contribution in [3.05, 3.63) is 88.1 Å². The monoisotopic (exact) mass is 575 g/mol. The highest BCUT2D eigenvalue weighted by Crippen LogP contribution is 2.35. The number of pyridine rings is 1. The SMILES string of the molecule is CCCn1cccc(N2C[C@@H](c3ccc(OC)cc3F)[C@H](NC(=O)c3ccc(OC(F)(P)P)cc3)C2=O)c1=O. The van der Waals surface area contributed by atoms with Gasteiger partial charge in [-0.1, -0.05) is 13.0 Å². The van der Waals surface area contributed by atoms with E-state index in [1.54, 1.807) is 24.4 Å². The number of aryl methyl sites for hydroxylation is 1. The van der Waals surface area contributed by atoms with Crippen LogP contribution in [0.4, 0.5) is 14.5 Å². The van der Waals surface area contributed by atoms with Crippen molar-refractivity contribution in [3.63, 3.8) is 0 Å². The molecule has 0 radical (unpaired) electrons. The molecule has 12 heteroatoms. The molecule has 0 spiro atoms. The highest BCUT2D eigenvalue weighted by atomic mass is 31.1. The fourth-order valence-electron chi connectivity index (χ4n) is 4.55. The number of halogens is 2. The van der Waals surface area contributed by atoms with Crippen LogP contribution in [0.25, 0.3) is 0 Å². The number of alkyl halides is 1. The zero-order valence-corrected chi connectivity index (χ0v) is 23.7. The molecule has 2 heterocycles. The van der Waals surface area contributed by atoms with Crippen LogP contribution in [0.1, 0.15) is 35.2 Å². The predicted octanol–water partition coefficient (Wildman–Crippen LogP) is 4.04. The van der Waals surface area contributed by atoms with Crippen LogP contribution < -0.4 is 25.2 Å². The minimum atomic E-state index is -2.06. The summed E-state index contributed by atoms with van der Waals surface area (Å²) < 4.78 is 40.6. The molecule has 39 heavy (non-hydrogen) atoms. The molecule has 1 aliphatic heterocycles. The van der Waals surface area contributed by atoms with Crippen LogP contribution in [0, 0.1) is 5.82 Å². The lowest BCUT2D eigenvalue weighted by Crippen LogP contribution is -2.44. The van der Waals surface area contributed by atoms with Gasteiger partial charge in [0, 0.05) is 36.8 Å². The van der Waals surface area contributed by atoms with E-state index in [0.29, 0.717) is 12.3 Å². The van der Waals surface area contributed by atoms with Crippen molar-refractivity contribution in [1.82, 2.24) is 9.88 Å². The second-order valence-corrected chi connectivity index (χ2v) is 11.4. The minimum absolute atomic E-state index is 0.0217. The van der Waals surface area contributed by atoms with Crippen LogP contribution in [0.2, 0.25) is 0 Å². The number of nitrogens with zero attached hydrogens (tertiary/aromatic N) is 2. The van der Waals surface area contributed by atoms with E-state index in [9.17, 15) is 18.8 Å². The summed E-state index contributed by atoms with van der Waals surface area (Å²) in [6, 6.07) is 12.0. The standard InChI is InChI=1S/C27H29F2N3O5P2/c1-3-12-31-13-4-5-22(25(31)34)32-15-20(19-11-10-18(36-2)14-21(19)28)23(26(32)35)30-24(33)16-6-8-17(9-7-16)37-27(29,38)39/h4-11,13-14,20,23H,3,12,15,38-39H2,1-2H3,(H,30,33)/t20-,23-/m0/s1. The maximum Gasteiger partial charge on any atom is 0.274 e. The Bertz CT molecular complexity index is 1430. The number of hydrogen-bond donors (Lipinski definition) is 1. The fraction of sp³-hybridized carbons (Fsp3) is 0.296. The number of rotatable bonds is 9. The third-order valence-electron chi connectivity index (χ3n) is 6.35. The van der Waals surface area contributed by atoms with Crippen molar-refractivity contribution in [2.45, 2.75) is 37.2 Å². The topological polar surface area (TPSA) is 89.9 Å². The number of carbonyl (C=O) groups excluding carboxylic acids is 2. The average Bonchev–Trinajstić information content (AvgIpc) is 3.20. The Morgan fingerprint density at radius 2 is 1.82 bits per heavy atom. The molecule has 4 atom stereocenters. The molecule has 1 aliphatic rings. The van der Waals surface area contributed by atoms with Gasteiger partial charge in [0.25, 0.3) is 16.8 Å². The van der Waals surface area contributed by atoms with Crippen LogP contribution >= 0.6 is 18.5 Å². The molecule has 206 valence electrons. The van der Waals surface area contributed by atoms with E-state index in [1.807, 2.05) is 25.4 Å². The number of methoxy groups -OCH3 is 1. The molecular weight excluding hydrogens is 546 g/mol. The van der Waals surface area contributed by atoms with Gasteiger partial charge >= 0.3 is 0 Å². The Hall–Kier alpha value is -3.35. The molecule has 0 aliphatic carbocycles. The van der Waals surface area contributed by atoms with Gasteiger partial charge in [0.05, 0.1) is 7.11 Å². The summed E-state index contributed by atoms with van der Waals surface area (Å²) >= 11 is 0. The van der Waals surface area contributed by atoms with E-state index in [1.165, 1.54) is 53.0 Å². The molecule has 0 saturated carbocycles. The summed E-state index contributed by atoms with van der Waals surface area (Å²) in [4.78, 5) is 41.3. The molecule has 1 saturated heterocycles. The highest BCUT2D eigenvalue weighted by Gasteiger charge is 2.44. The summed E-state index contributed by atoms with van der Waals surface area (Å²) in [5.74, 6) is -2.04. The average molecular weight is 575 g/mol. The second kappa shape index (κ2) is 11.8. The molecule has 1 aromatic heterocycles. The number of aromatic nitrogens is 1. The maximum atomic E-state index is 15.2. The minimum Gasteiger partial charge on any atom is -0.497 e. The van der Waals surface area contributed by atoms with E-state index < -0.39 is 34.9 Å². The molecule has 3 aromatic rings. The van der Waals surface area contributed by atoms with Gasteiger partial charge in [0.15, 0.2) is 0 Å². The number of benzene rings is 2. The molecule has 8 nitrogen and oxygen atoms in total. The van der Waals surface area contributed by atoms with E-state index in [0.717, 1.165) is 6.42 Å². The Labute approximate surface area is 229 Å². The Morgan fingerprint density at radius 3 is 2.44 bits per heavy atom. The van der Waals surface area contributed by atoms with Gasteiger partial charge in [-0.2, -0.15) is 4.39 Å². The van der Waals surface area contributed by atoms with Gasteiger partial charge in [0.2, 0.25) is 5.91 Å². The zero-order chi connectivity index (χ0) is 28.3. The van der Waals surface area contributed by atoms with Gasteiger partial charge in [0.1, 0.15) is 29.0 Å². The zero-order valence-electron chi connectivity index (χ0n) is 21.4. The van der Waals surface area contributed by atoms with E-state index in [4.69, 9.17) is 9.47 Å². The van der Waals surface area contributed by atoms with Crippen molar-refractivity contribution in [1.29, 1.82) is 0 Å². The first-order chi connectivity index (χ1) is 18.5. The molecule has 0 bridgehead atoms. The lowest BCUT2D eigenvalue weighted by molar-refractivity contribution is -0.118. The number of ether oxygens (including phenoxy) is 2. The van der Waals surface area contributed by atoms with Crippen molar-refractivity contribution in [2.24, 2.45) is 0 Å². The summed E-state index contributed by atoms with van der Waals surface area (Å²) in [6.07, 6.45) is 2.37. The smallest absolute Gasteiger partial charge is 0.274 e. The molecule has 1 N–H and O–H groups in total. The molecule has 2 aromatic carbocycles. The number of carbonyl (C=O) groups is 2. The lowest BCUT2D eigenvalue weighted by Gasteiger charge is -2.20. The van der Waals surface area contributed by atoms with E-state index in [-0.39, 0.29) is 34.7 Å². The third kappa shape index (κ3) is 6.45. The Kier molecular flexibility index (Phi) is 8.67. The molecule has 2 unspecified atom stereocenters. The number of amides is 2. The van der Waals surface area contributed by atoms with E-state index >= 15 is 4.39 Å². The summed E-state index contributed by atoms with van der Waals surface area (Å²) in [5.41, 5.74) is 0.184. The lowest BCUT2D eigenvalue weighted by atomic mass is 9.93. The van der Waals surface area contributed by atoms with Crippen LogP contribution in [0.3, 0.4) is 0 Å². The largest absolute Gasteiger partial charge is 0.497 e. The number of nitrogens with one attached hydrogen (secondary N) is 1. The molecule has 4 rings (SSSR count). The number of anilines is 1. The first-order valence-corrected chi connectivity index (χ1v) is 13.4. The van der Waals surface area contributed by atoms with Crippen molar-refractivity contribution >= 4 is 36.0 Å². The van der Waals surface area contributed by atoms with Crippen LogP contribution in [0.5, 0.6) is 11.5 Å². The van der Waals surface area contributed by atoms with Crippen molar-refractivity contribution in [3.8, 4) is 11.5 Å². The van der Waals surface area contributed by atoms with Gasteiger partial charge in [-0.15, -0.1) is 0 Å². The normalized spacial score (nSPS) is 17.3. The van der Waals surface area contributed by atoms with Crippen LogP contribution in [-0.2, 0) is 11.3 Å². The Balaban J connectivity index is 1.67. The van der Waals surface area contributed by atoms with Crippen LogP contribution in [-0.4, -0.2) is 41.4 Å². The first-order valence-electron chi connectivity index (χ1n) is 12.2. The first kappa shape index (κ1) is 28.7. The van der Waals surface area contributed by atoms with Crippen LogP contribution in [0.15, 0.2) is 65.6 Å². The summed E-state index contributed by atoms with van der Waals surface area (Å²) in [6.45, 7) is 2.39. The van der Waals surface area contributed by atoms with Gasteiger partial charge in [-0.05, 0) is 72.9 Å². The molecule has 2 amide bonds. The van der Waals surface area contributed by atoms with Gasteiger partial charge < -0.3 is 24.3 Å². The third-order valence-corrected chi connectivity index (χ3v) is 6.59. The van der Waals surface area contributed by atoms with Gasteiger partial charge in [-0.3, -0.25) is 14.4 Å². The fourth-order valence-corrected chi connectivity index (χ4v) is 4.82. The van der Waals surface area contributed by atoms with Crippen molar-refractivity contribution in [2.75, 3.05) is 18.6 Å².